The van der Waals surface area contributed by atoms with Gasteiger partial charge in [-0.25, -0.2) is 4.39 Å². The van der Waals surface area contributed by atoms with Gasteiger partial charge in [-0.05, 0) is 24.8 Å². The number of hydrogen-bond donors (Lipinski definition) is 1. The number of rotatable bonds is 2. The van der Waals surface area contributed by atoms with Gasteiger partial charge in [0.05, 0.1) is 12.6 Å². The Labute approximate surface area is 110 Å². The summed E-state index contributed by atoms with van der Waals surface area (Å²) < 4.78 is 18.6. The molecule has 1 aromatic carbocycles. The molecule has 100 valence electrons. The molecule has 0 aliphatic heterocycles. The Hall–Kier alpha value is -1.84. The van der Waals surface area contributed by atoms with Crippen LogP contribution in [0.5, 0.6) is 5.75 Å². The number of halogens is 1. The van der Waals surface area contributed by atoms with Gasteiger partial charge in [0.15, 0.2) is 17.0 Å². The number of nitrogens with one attached hydrogen (secondary N) is 1. The molecule has 0 amide bonds. The lowest BCUT2D eigenvalue weighted by atomic mass is 10.0. The highest BCUT2D eigenvalue weighted by molar-refractivity contribution is 5.80. The zero-order valence-corrected chi connectivity index (χ0v) is 10.8. The zero-order valence-electron chi connectivity index (χ0n) is 10.8. The molecule has 1 N–H and O–H groups in total. The number of ether oxygens (including phenoxy) is 1. The molecule has 0 atom stereocenters. The quantitative estimate of drug-likeness (QED) is 0.901. The number of benzene rings is 1. The van der Waals surface area contributed by atoms with E-state index in [-0.39, 0.29) is 11.2 Å². The summed E-state index contributed by atoms with van der Waals surface area (Å²) >= 11 is 0. The topological polar surface area (TPSA) is 42.1 Å². The lowest BCUT2D eigenvalue weighted by molar-refractivity contribution is 0.387. The van der Waals surface area contributed by atoms with Crippen LogP contribution < -0.4 is 10.2 Å². The number of hydrogen-bond acceptors (Lipinski definition) is 2. The molecule has 1 heterocycles. The fraction of sp³-hybridized carbons (Fsp3) is 0.400. The zero-order chi connectivity index (χ0) is 13.4. The van der Waals surface area contributed by atoms with Crippen molar-refractivity contribution in [2.24, 2.45) is 0 Å². The van der Waals surface area contributed by atoms with Crippen LogP contribution in [0.4, 0.5) is 4.39 Å². The molecule has 3 rings (SSSR count). The van der Waals surface area contributed by atoms with Crippen molar-refractivity contribution >= 4 is 10.9 Å². The predicted molar refractivity (Wildman–Crippen MR) is 72.3 cm³/mol. The molecule has 1 fully saturated rings. The van der Waals surface area contributed by atoms with Crippen LogP contribution in [0, 0.1) is 5.82 Å². The van der Waals surface area contributed by atoms with Gasteiger partial charge >= 0.3 is 0 Å². The third-order valence-electron chi connectivity index (χ3n) is 3.92. The highest BCUT2D eigenvalue weighted by atomic mass is 19.1. The number of H-pyrrole nitrogens is 1. The minimum absolute atomic E-state index is 0.0750. The lowest BCUT2D eigenvalue weighted by Gasteiger charge is -2.11. The normalized spacial score (nSPS) is 16.1. The van der Waals surface area contributed by atoms with Gasteiger partial charge < -0.3 is 9.72 Å². The van der Waals surface area contributed by atoms with Crippen molar-refractivity contribution in [3.8, 4) is 5.75 Å². The second-order valence-electron chi connectivity index (χ2n) is 5.10. The van der Waals surface area contributed by atoms with Crippen molar-refractivity contribution in [2.45, 2.75) is 31.6 Å². The van der Waals surface area contributed by atoms with Crippen LogP contribution in [-0.2, 0) is 0 Å². The maximum Gasteiger partial charge on any atom is 0.189 e. The van der Waals surface area contributed by atoms with Gasteiger partial charge in [-0.2, -0.15) is 0 Å². The smallest absolute Gasteiger partial charge is 0.189 e. The van der Waals surface area contributed by atoms with Gasteiger partial charge in [-0.3, -0.25) is 4.79 Å². The van der Waals surface area contributed by atoms with E-state index in [1.165, 1.54) is 32.1 Å². The number of aromatic nitrogens is 1. The molecule has 2 aromatic rings. The molecule has 19 heavy (non-hydrogen) atoms. The fourth-order valence-electron chi connectivity index (χ4n) is 2.88. The van der Waals surface area contributed by atoms with Crippen LogP contribution in [0.1, 0.15) is 37.3 Å². The monoisotopic (exact) mass is 261 g/mol. The minimum Gasteiger partial charge on any atom is -0.494 e. The first-order chi connectivity index (χ1) is 9.19. The second-order valence-corrected chi connectivity index (χ2v) is 5.10. The van der Waals surface area contributed by atoms with E-state index in [2.05, 4.69) is 4.98 Å². The van der Waals surface area contributed by atoms with Crippen molar-refractivity contribution in [1.82, 2.24) is 4.98 Å². The minimum atomic E-state index is -0.450. The molecular weight excluding hydrogens is 245 g/mol. The van der Waals surface area contributed by atoms with Crippen LogP contribution in [0.25, 0.3) is 10.9 Å². The largest absolute Gasteiger partial charge is 0.494 e. The number of pyridine rings is 1. The highest BCUT2D eigenvalue weighted by Gasteiger charge is 2.19. The molecule has 0 spiro atoms. The summed E-state index contributed by atoms with van der Waals surface area (Å²) in [5.41, 5.74) is 1.40. The van der Waals surface area contributed by atoms with Crippen LogP contribution in [0.15, 0.2) is 23.0 Å². The molecule has 1 aromatic heterocycles. The van der Waals surface area contributed by atoms with E-state index in [0.717, 1.165) is 18.5 Å². The van der Waals surface area contributed by atoms with E-state index < -0.39 is 5.82 Å². The summed E-state index contributed by atoms with van der Waals surface area (Å²) in [7, 11) is 1.39. The molecule has 0 bridgehead atoms. The second kappa shape index (κ2) is 4.68. The number of fused-ring (bicyclic) bond motifs is 1. The van der Waals surface area contributed by atoms with Gasteiger partial charge in [-0.15, -0.1) is 0 Å². The Morgan fingerprint density at radius 2 is 2.00 bits per heavy atom. The third-order valence-corrected chi connectivity index (χ3v) is 3.92. The fourth-order valence-corrected chi connectivity index (χ4v) is 2.88. The van der Waals surface area contributed by atoms with Gasteiger partial charge in [0, 0.05) is 23.2 Å². The van der Waals surface area contributed by atoms with Gasteiger partial charge in [0.2, 0.25) is 0 Å². The highest BCUT2D eigenvalue weighted by Crippen LogP contribution is 2.33. The molecule has 0 radical (unpaired) electrons. The Bertz CT molecular complexity index is 672. The molecular formula is C15H16FNO2. The molecule has 4 heteroatoms. The third kappa shape index (κ3) is 2.11. The summed E-state index contributed by atoms with van der Waals surface area (Å²) in [4.78, 5) is 15.3. The first-order valence-corrected chi connectivity index (χ1v) is 6.59. The summed E-state index contributed by atoms with van der Waals surface area (Å²) in [6.07, 6.45) is 4.59. The van der Waals surface area contributed by atoms with E-state index in [0.29, 0.717) is 16.8 Å². The molecule has 1 aliphatic carbocycles. The van der Waals surface area contributed by atoms with Crippen molar-refractivity contribution in [3.63, 3.8) is 0 Å². The van der Waals surface area contributed by atoms with Crippen molar-refractivity contribution in [2.75, 3.05) is 7.11 Å². The van der Waals surface area contributed by atoms with Crippen molar-refractivity contribution < 1.29 is 9.13 Å². The van der Waals surface area contributed by atoms with E-state index in [4.69, 9.17) is 4.74 Å². The van der Waals surface area contributed by atoms with Gasteiger partial charge in [-0.1, -0.05) is 12.8 Å². The van der Waals surface area contributed by atoms with E-state index in [9.17, 15) is 9.18 Å². The molecule has 1 saturated carbocycles. The Morgan fingerprint density at radius 1 is 1.26 bits per heavy atom. The average molecular weight is 261 g/mol. The Kier molecular flexibility index (Phi) is 3.01. The molecule has 1 aliphatic rings. The van der Waals surface area contributed by atoms with E-state index in [1.807, 2.05) is 0 Å². The summed E-state index contributed by atoms with van der Waals surface area (Å²) in [6.45, 7) is 0. The molecule has 0 saturated heterocycles. The van der Waals surface area contributed by atoms with E-state index in [1.54, 1.807) is 6.07 Å². The van der Waals surface area contributed by atoms with Gasteiger partial charge in [0.25, 0.3) is 0 Å². The van der Waals surface area contributed by atoms with Gasteiger partial charge in [0.1, 0.15) is 0 Å². The van der Waals surface area contributed by atoms with Crippen LogP contribution in [0.2, 0.25) is 0 Å². The maximum atomic E-state index is 13.7. The SMILES string of the molecule is COc1cc2c(=O)cc(C3CCCC3)[nH]c2cc1F. The molecule has 3 nitrogen and oxygen atoms in total. The first kappa shape index (κ1) is 12.2. The van der Waals surface area contributed by atoms with Crippen molar-refractivity contribution in [1.29, 1.82) is 0 Å². The lowest BCUT2D eigenvalue weighted by Crippen LogP contribution is -2.08. The summed E-state index contributed by atoms with van der Waals surface area (Å²) in [5, 5.41) is 0.472. The van der Waals surface area contributed by atoms with Crippen molar-refractivity contribution in [3.05, 3.63) is 39.9 Å². The predicted octanol–water partition coefficient (Wildman–Crippen LogP) is 3.33. The van der Waals surface area contributed by atoms with E-state index >= 15 is 0 Å². The maximum absolute atomic E-state index is 13.7. The first-order valence-electron chi connectivity index (χ1n) is 6.59. The number of methoxy groups -OCH3 is 1. The standard InChI is InChI=1S/C15H16FNO2/c1-19-15-6-10-13(7-11(15)16)17-12(8-14(10)18)9-4-2-3-5-9/h6-9H,2-5H2,1H3,(H,17,18). The summed E-state index contributed by atoms with van der Waals surface area (Å²) in [6, 6.07) is 4.45. The average Bonchev–Trinajstić information content (AvgIpc) is 2.91. The van der Waals surface area contributed by atoms with Crippen LogP contribution in [-0.4, -0.2) is 12.1 Å². The Balaban J connectivity index is 2.17. The Morgan fingerprint density at radius 3 is 2.68 bits per heavy atom. The van der Waals surface area contributed by atoms with Crippen LogP contribution in [0.3, 0.4) is 0 Å². The number of aromatic amines is 1. The summed E-state index contributed by atoms with van der Waals surface area (Å²) in [5.74, 6) is 0.0584. The molecule has 0 unspecified atom stereocenters. The van der Waals surface area contributed by atoms with Crippen LogP contribution >= 0.6 is 0 Å².